The molecular formula is C73H50O2. The molecule has 0 atom stereocenters. The largest absolute Gasteiger partial charge is 0.457 e. The van der Waals surface area contributed by atoms with Gasteiger partial charge in [0.2, 0.25) is 0 Å². The lowest BCUT2D eigenvalue weighted by Gasteiger charge is -2.36. The Hall–Kier alpha value is -8.98. The second-order valence-electron chi connectivity index (χ2n) is 22.1. The van der Waals surface area contributed by atoms with Gasteiger partial charge in [0.05, 0.1) is 5.41 Å². The molecule has 0 bridgehead atoms. The Morgan fingerprint density at radius 3 is 1.19 bits per heavy atom. The third kappa shape index (κ3) is 5.48. The Balaban J connectivity index is 1.08. The zero-order valence-electron chi connectivity index (χ0n) is 42.3. The Labute approximate surface area is 437 Å². The molecule has 2 aliphatic carbocycles. The average Bonchev–Trinajstić information content (AvgIpc) is 4.09. The zero-order valence-corrected chi connectivity index (χ0v) is 42.3. The number of para-hydroxylation sites is 2. The van der Waals surface area contributed by atoms with Gasteiger partial charge in [-0.15, -0.1) is 0 Å². The van der Waals surface area contributed by atoms with Crippen LogP contribution in [0.15, 0.2) is 231 Å². The minimum Gasteiger partial charge on any atom is -0.457 e. The molecule has 0 saturated carbocycles. The van der Waals surface area contributed by atoms with E-state index >= 15 is 0 Å². The highest BCUT2D eigenvalue weighted by Crippen LogP contribution is 2.67. The van der Waals surface area contributed by atoms with Crippen LogP contribution in [0.5, 0.6) is 23.0 Å². The van der Waals surface area contributed by atoms with Crippen molar-refractivity contribution in [2.75, 3.05) is 0 Å². The number of ether oxygens (including phenoxy) is 2. The smallest absolute Gasteiger partial charge is 0.132 e. The normalized spacial score (nSPS) is 15.2. The van der Waals surface area contributed by atoms with Crippen molar-refractivity contribution >= 4 is 32.3 Å². The molecule has 0 unspecified atom stereocenters. The van der Waals surface area contributed by atoms with E-state index in [0.717, 1.165) is 23.0 Å². The number of fused-ring (bicyclic) bond motifs is 18. The van der Waals surface area contributed by atoms with Crippen molar-refractivity contribution in [1.29, 1.82) is 0 Å². The van der Waals surface area contributed by atoms with Crippen molar-refractivity contribution in [2.45, 2.75) is 43.9 Å². The first-order valence-electron chi connectivity index (χ1n) is 26.4. The molecule has 4 aliphatic rings. The van der Waals surface area contributed by atoms with E-state index in [1.807, 2.05) is 0 Å². The standard InChI is InChI=1S/C73H50O2/c1-71(2)60-35-13-15-37-62(60)74-64-39-19-30-51(68(64)71)45-26-17-28-49-54(45)42-55-46(52-31-20-40-65-69(52)72(3,4)61-36-14-16-38-63(61)75-65)27-18-29-50(55)66(49)56-41-43-21-5-6-22-44(43)67-53-25-9-12-34-59(53)73(70(56)67)57-32-10-7-23-47(57)48-24-8-11-33-58(48)73/h5-42H,1-4H3. The molecular weight excluding hydrogens is 909 g/mol. The Kier molecular flexibility index (Phi) is 8.54. The fraction of sp³-hybridized carbons (Fsp3) is 0.0959. The van der Waals surface area contributed by atoms with E-state index < -0.39 is 5.41 Å². The molecule has 0 saturated heterocycles. The molecule has 2 aliphatic heterocycles. The van der Waals surface area contributed by atoms with Gasteiger partial charge in [-0.2, -0.15) is 0 Å². The van der Waals surface area contributed by atoms with Gasteiger partial charge < -0.3 is 9.47 Å². The minimum atomic E-state index is -0.595. The van der Waals surface area contributed by atoms with Crippen molar-refractivity contribution in [3.05, 3.63) is 275 Å². The summed E-state index contributed by atoms with van der Waals surface area (Å²) < 4.78 is 13.7. The van der Waals surface area contributed by atoms with Crippen LogP contribution in [-0.4, -0.2) is 0 Å². The molecule has 16 rings (SSSR count). The van der Waals surface area contributed by atoms with Crippen LogP contribution < -0.4 is 9.47 Å². The van der Waals surface area contributed by atoms with Crippen LogP contribution in [0.1, 0.15) is 72.2 Å². The Morgan fingerprint density at radius 2 is 0.640 bits per heavy atom. The first-order valence-corrected chi connectivity index (χ1v) is 26.4. The molecule has 75 heavy (non-hydrogen) atoms. The number of rotatable bonds is 3. The van der Waals surface area contributed by atoms with Gasteiger partial charge in [0.15, 0.2) is 0 Å². The van der Waals surface area contributed by atoms with Gasteiger partial charge in [-0.3, -0.25) is 0 Å². The summed E-state index contributed by atoms with van der Waals surface area (Å²) in [4.78, 5) is 0. The van der Waals surface area contributed by atoms with E-state index in [1.165, 1.54) is 132 Å². The van der Waals surface area contributed by atoms with Crippen LogP contribution in [0.2, 0.25) is 0 Å². The lowest BCUT2D eigenvalue weighted by molar-refractivity contribution is 0.418. The number of benzene rings is 12. The van der Waals surface area contributed by atoms with E-state index in [0.29, 0.717) is 0 Å². The van der Waals surface area contributed by atoms with E-state index in [-0.39, 0.29) is 10.8 Å². The molecule has 0 radical (unpaired) electrons. The summed E-state index contributed by atoms with van der Waals surface area (Å²) in [5.74, 6) is 3.63. The first-order chi connectivity index (χ1) is 36.7. The second-order valence-corrected chi connectivity index (χ2v) is 22.1. The predicted molar refractivity (Wildman–Crippen MR) is 309 cm³/mol. The van der Waals surface area contributed by atoms with Crippen LogP contribution in [0.25, 0.3) is 88.0 Å². The molecule has 0 amide bonds. The van der Waals surface area contributed by atoms with Crippen LogP contribution in [0, 0.1) is 0 Å². The van der Waals surface area contributed by atoms with Crippen LogP contribution in [0.4, 0.5) is 0 Å². The highest BCUT2D eigenvalue weighted by atomic mass is 16.5. The Morgan fingerprint density at radius 1 is 0.253 bits per heavy atom. The Bertz CT molecular complexity index is 4280. The maximum absolute atomic E-state index is 6.85. The van der Waals surface area contributed by atoms with Gasteiger partial charge in [-0.25, -0.2) is 0 Å². The summed E-state index contributed by atoms with van der Waals surface area (Å²) >= 11 is 0. The SMILES string of the molecule is CC1(C)c2ccccc2Oc2cccc(-c3cccc4c(-c5cc6ccccc6c6c5C5(c7ccccc7-c7ccccc75)c5ccccc5-6)c5cccc(-c6cccc7c6C(C)(C)c6ccccc6O7)c5cc34)c21. The molecule has 0 fully saturated rings. The van der Waals surface area contributed by atoms with Gasteiger partial charge in [-0.05, 0) is 147 Å². The highest BCUT2D eigenvalue weighted by molar-refractivity contribution is 6.22. The lowest BCUT2D eigenvalue weighted by Crippen LogP contribution is -2.26. The second kappa shape index (κ2) is 15.1. The van der Waals surface area contributed by atoms with Gasteiger partial charge in [0.1, 0.15) is 23.0 Å². The van der Waals surface area contributed by atoms with Gasteiger partial charge in [0, 0.05) is 33.1 Å². The summed E-state index contributed by atoms with van der Waals surface area (Å²) in [6, 6.07) is 86.2. The van der Waals surface area contributed by atoms with Gasteiger partial charge in [-0.1, -0.05) is 222 Å². The molecule has 354 valence electrons. The van der Waals surface area contributed by atoms with E-state index in [2.05, 4.69) is 258 Å². The molecule has 2 heteroatoms. The number of hydrogen-bond acceptors (Lipinski definition) is 2. The molecule has 1 spiro atoms. The summed E-state index contributed by atoms with van der Waals surface area (Å²) in [7, 11) is 0. The molecule has 12 aromatic carbocycles. The predicted octanol–water partition coefficient (Wildman–Crippen LogP) is 19.4. The van der Waals surface area contributed by atoms with Gasteiger partial charge in [0.25, 0.3) is 0 Å². The fourth-order valence-corrected chi connectivity index (χ4v) is 14.7. The monoisotopic (exact) mass is 958 g/mol. The van der Waals surface area contributed by atoms with Crippen molar-refractivity contribution in [3.63, 3.8) is 0 Å². The van der Waals surface area contributed by atoms with Crippen LogP contribution in [0.3, 0.4) is 0 Å². The van der Waals surface area contributed by atoms with Crippen molar-refractivity contribution in [2.24, 2.45) is 0 Å². The van der Waals surface area contributed by atoms with Crippen molar-refractivity contribution in [3.8, 4) is 78.6 Å². The van der Waals surface area contributed by atoms with Gasteiger partial charge >= 0.3 is 0 Å². The fourth-order valence-electron chi connectivity index (χ4n) is 14.7. The molecule has 2 heterocycles. The zero-order chi connectivity index (χ0) is 50.0. The minimum absolute atomic E-state index is 0.348. The van der Waals surface area contributed by atoms with Crippen LogP contribution >= 0.6 is 0 Å². The lowest BCUT2D eigenvalue weighted by atomic mass is 9.67. The third-order valence-corrected chi connectivity index (χ3v) is 17.7. The molecule has 0 aromatic heterocycles. The van der Waals surface area contributed by atoms with Crippen molar-refractivity contribution in [1.82, 2.24) is 0 Å². The molecule has 0 N–H and O–H groups in total. The first kappa shape index (κ1) is 42.5. The summed E-state index contributed by atoms with van der Waals surface area (Å²) in [6.45, 7) is 9.42. The van der Waals surface area contributed by atoms with Crippen molar-refractivity contribution < 1.29 is 9.47 Å². The topological polar surface area (TPSA) is 18.5 Å². The summed E-state index contributed by atoms with van der Waals surface area (Å²) in [5.41, 5.74) is 21.2. The van der Waals surface area contributed by atoms with E-state index in [1.54, 1.807) is 0 Å². The highest BCUT2D eigenvalue weighted by Gasteiger charge is 2.53. The maximum Gasteiger partial charge on any atom is 0.132 e. The van der Waals surface area contributed by atoms with E-state index in [9.17, 15) is 0 Å². The summed E-state index contributed by atoms with van der Waals surface area (Å²) in [5, 5.41) is 7.30. The molecule has 2 nitrogen and oxygen atoms in total. The van der Waals surface area contributed by atoms with Crippen LogP contribution in [-0.2, 0) is 16.2 Å². The quantitative estimate of drug-likeness (QED) is 0.164. The number of hydrogen-bond donors (Lipinski definition) is 0. The third-order valence-electron chi connectivity index (χ3n) is 17.7. The average molecular weight is 959 g/mol. The summed E-state index contributed by atoms with van der Waals surface area (Å²) in [6.07, 6.45) is 0. The molecule has 12 aromatic rings. The maximum atomic E-state index is 6.85. The van der Waals surface area contributed by atoms with E-state index in [4.69, 9.17) is 9.47 Å².